The number of aromatic nitrogens is 1. The minimum atomic E-state index is -0.384. The molecule has 1 aromatic heterocycles. The van der Waals surface area contributed by atoms with Gasteiger partial charge in [-0.05, 0) is 55.3 Å². The zero-order valence-corrected chi connectivity index (χ0v) is 16.9. The number of hydrogen-bond donors (Lipinski definition) is 0. The number of rotatable bonds is 6. The van der Waals surface area contributed by atoms with Crippen molar-refractivity contribution in [1.82, 2.24) is 4.57 Å². The van der Waals surface area contributed by atoms with Crippen molar-refractivity contribution in [3.63, 3.8) is 0 Å². The second-order valence-electron chi connectivity index (χ2n) is 7.29. The van der Waals surface area contributed by atoms with E-state index < -0.39 is 0 Å². The molecule has 6 heteroatoms. The first-order valence-electron chi connectivity index (χ1n) is 9.91. The topological polar surface area (TPSA) is 60.4 Å². The molecule has 0 spiro atoms. The van der Waals surface area contributed by atoms with Gasteiger partial charge >= 0.3 is 0 Å². The lowest BCUT2D eigenvalue weighted by Gasteiger charge is -2.23. The average Bonchev–Trinajstić information content (AvgIpc) is 3.23. The molecule has 0 saturated heterocycles. The highest BCUT2D eigenvalue weighted by molar-refractivity contribution is 7.99. The van der Waals surface area contributed by atoms with Crippen molar-refractivity contribution in [2.24, 2.45) is 4.99 Å². The summed E-state index contributed by atoms with van der Waals surface area (Å²) >= 11 is 1.57. The predicted octanol–water partition coefficient (Wildman–Crippen LogP) is 6.80. The van der Waals surface area contributed by atoms with Crippen molar-refractivity contribution in [1.29, 1.82) is 0 Å². The van der Waals surface area contributed by atoms with Gasteiger partial charge in [0.15, 0.2) is 0 Å². The van der Waals surface area contributed by atoms with Crippen molar-refractivity contribution >= 4 is 29.4 Å². The van der Waals surface area contributed by atoms with E-state index in [9.17, 15) is 10.1 Å². The molecule has 148 valence electrons. The molecule has 4 rings (SSSR count). The van der Waals surface area contributed by atoms with Crippen LogP contribution >= 0.6 is 11.8 Å². The molecular formula is C23H23N3O2S. The Kier molecular flexibility index (Phi) is 6.10. The second-order valence-corrected chi connectivity index (χ2v) is 8.44. The first-order valence-corrected chi connectivity index (χ1v) is 10.7. The SMILES string of the molecule is O=[N+]([O-])c1ccc(Sc2ccc(N=Cc3ccn(C4CCCCC4)c3)cc2)cc1. The Hall–Kier alpha value is -2.86. The number of aliphatic imine (C=N–C) groups is 1. The highest BCUT2D eigenvalue weighted by Gasteiger charge is 2.14. The molecule has 1 saturated carbocycles. The van der Waals surface area contributed by atoms with E-state index >= 15 is 0 Å². The summed E-state index contributed by atoms with van der Waals surface area (Å²) < 4.78 is 2.34. The van der Waals surface area contributed by atoms with E-state index in [0.717, 1.165) is 21.0 Å². The summed E-state index contributed by atoms with van der Waals surface area (Å²) in [5.41, 5.74) is 2.14. The Morgan fingerprint density at radius 2 is 1.62 bits per heavy atom. The van der Waals surface area contributed by atoms with Gasteiger partial charge in [-0.1, -0.05) is 31.0 Å². The second kappa shape index (κ2) is 9.09. The van der Waals surface area contributed by atoms with Gasteiger partial charge in [0, 0.05) is 52.1 Å². The molecule has 0 N–H and O–H groups in total. The summed E-state index contributed by atoms with van der Waals surface area (Å²) in [6.45, 7) is 0. The quantitative estimate of drug-likeness (QED) is 0.257. The van der Waals surface area contributed by atoms with Gasteiger partial charge in [-0.2, -0.15) is 0 Å². The Balaban J connectivity index is 1.36. The van der Waals surface area contributed by atoms with Gasteiger partial charge in [0.05, 0.1) is 10.6 Å². The Morgan fingerprint density at radius 1 is 0.966 bits per heavy atom. The van der Waals surface area contributed by atoms with Crippen LogP contribution in [0.2, 0.25) is 0 Å². The minimum Gasteiger partial charge on any atom is -0.351 e. The maximum atomic E-state index is 10.7. The van der Waals surface area contributed by atoms with E-state index in [1.807, 2.05) is 30.5 Å². The van der Waals surface area contributed by atoms with Gasteiger partial charge in [-0.25, -0.2) is 0 Å². The number of nitrogens with zero attached hydrogens (tertiary/aromatic N) is 3. The highest BCUT2D eigenvalue weighted by Crippen LogP contribution is 2.31. The van der Waals surface area contributed by atoms with Crippen molar-refractivity contribution < 1.29 is 4.92 Å². The van der Waals surface area contributed by atoms with Gasteiger partial charge in [0.25, 0.3) is 5.69 Å². The summed E-state index contributed by atoms with van der Waals surface area (Å²) in [7, 11) is 0. The maximum absolute atomic E-state index is 10.7. The van der Waals surface area contributed by atoms with Crippen LogP contribution in [0, 0.1) is 10.1 Å². The van der Waals surface area contributed by atoms with Crippen LogP contribution in [-0.2, 0) is 0 Å². The summed E-state index contributed by atoms with van der Waals surface area (Å²) in [5.74, 6) is 0. The van der Waals surface area contributed by atoms with Crippen LogP contribution in [0.3, 0.4) is 0 Å². The van der Waals surface area contributed by atoms with Gasteiger partial charge in [0.2, 0.25) is 0 Å². The fourth-order valence-electron chi connectivity index (χ4n) is 3.63. The number of nitro groups is 1. The molecule has 5 nitrogen and oxygen atoms in total. The molecule has 2 aromatic carbocycles. The normalized spacial score (nSPS) is 15.0. The van der Waals surface area contributed by atoms with E-state index in [2.05, 4.69) is 28.0 Å². The molecule has 0 unspecified atom stereocenters. The highest BCUT2D eigenvalue weighted by atomic mass is 32.2. The molecule has 0 radical (unpaired) electrons. The van der Waals surface area contributed by atoms with E-state index in [4.69, 9.17) is 0 Å². The largest absolute Gasteiger partial charge is 0.351 e. The molecule has 0 atom stereocenters. The van der Waals surface area contributed by atoms with Gasteiger partial charge in [-0.15, -0.1) is 0 Å². The Labute approximate surface area is 174 Å². The molecule has 3 aromatic rings. The van der Waals surface area contributed by atoms with Crippen LogP contribution in [0.5, 0.6) is 0 Å². The first-order chi connectivity index (χ1) is 14.2. The monoisotopic (exact) mass is 405 g/mol. The lowest BCUT2D eigenvalue weighted by atomic mass is 9.95. The van der Waals surface area contributed by atoms with E-state index in [1.165, 1.54) is 44.2 Å². The van der Waals surface area contributed by atoms with Crippen molar-refractivity contribution in [2.45, 2.75) is 47.9 Å². The third-order valence-electron chi connectivity index (χ3n) is 5.22. The molecule has 0 bridgehead atoms. The van der Waals surface area contributed by atoms with E-state index in [1.54, 1.807) is 23.9 Å². The van der Waals surface area contributed by atoms with E-state index in [-0.39, 0.29) is 10.6 Å². The van der Waals surface area contributed by atoms with Gasteiger partial charge in [-0.3, -0.25) is 15.1 Å². The van der Waals surface area contributed by atoms with Crippen LogP contribution < -0.4 is 0 Å². The molecule has 1 aliphatic rings. The maximum Gasteiger partial charge on any atom is 0.269 e. The van der Waals surface area contributed by atoms with Crippen molar-refractivity contribution in [2.75, 3.05) is 0 Å². The Bertz CT molecular complexity index is 988. The molecule has 1 aliphatic carbocycles. The van der Waals surface area contributed by atoms with E-state index in [0.29, 0.717) is 6.04 Å². The summed E-state index contributed by atoms with van der Waals surface area (Å²) in [4.78, 5) is 17.0. The summed E-state index contributed by atoms with van der Waals surface area (Å²) in [6, 6.07) is 17.4. The first kappa shape index (κ1) is 19.5. The van der Waals surface area contributed by atoms with Crippen LogP contribution in [0.1, 0.15) is 43.7 Å². The molecule has 1 fully saturated rings. The zero-order valence-electron chi connectivity index (χ0n) is 16.1. The lowest BCUT2D eigenvalue weighted by Crippen LogP contribution is -2.10. The third-order valence-corrected chi connectivity index (χ3v) is 6.23. The molecule has 29 heavy (non-hydrogen) atoms. The Morgan fingerprint density at radius 3 is 2.28 bits per heavy atom. The molecule has 0 aliphatic heterocycles. The predicted molar refractivity (Wildman–Crippen MR) is 117 cm³/mol. The summed E-state index contributed by atoms with van der Waals surface area (Å²) in [6.07, 6.45) is 12.9. The zero-order chi connectivity index (χ0) is 20.1. The minimum absolute atomic E-state index is 0.108. The average molecular weight is 406 g/mol. The molecular weight excluding hydrogens is 382 g/mol. The van der Waals surface area contributed by atoms with Crippen molar-refractivity contribution in [3.8, 4) is 0 Å². The van der Waals surface area contributed by atoms with Crippen LogP contribution in [-0.4, -0.2) is 15.7 Å². The lowest BCUT2D eigenvalue weighted by molar-refractivity contribution is -0.384. The number of hydrogen-bond acceptors (Lipinski definition) is 4. The molecule has 0 amide bonds. The fourth-order valence-corrected chi connectivity index (χ4v) is 4.45. The number of benzene rings is 2. The smallest absolute Gasteiger partial charge is 0.269 e. The number of non-ortho nitro benzene ring substituents is 1. The third kappa shape index (κ3) is 5.15. The summed E-state index contributed by atoms with van der Waals surface area (Å²) in [5, 5.41) is 10.7. The van der Waals surface area contributed by atoms with Crippen LogP contribution in [0.25, 0.3) is 0 Å². The molecule has 1 heterocycles. The fraction of sp³-hybridized carbons (Fsp3) is 0.261. The standard InChI is InChI=1S/C23H23N3O2S/c27-26(28)21-8-12-23(13-9-21)29-22-10-6-19(7-11-22)24-16-18-14-15-25(17-18)20-4-2-1-3-5-20/h6-17,20H,1-5H2. The van der Waals surface area contributed by atoms with Gasteiger partial charge in [0.1, 0.15) is 0 Å². The van der Waals surface area contributed by atoms with Crippen molar-refractivity contribution in [3.05, 3.63) is 82.7 Å². The van der Waals surface area contributed by atoms with Gasteiger partial charge < -0.3 is 4.57 Å². The van der Waals surface area contributed by atoms with Crippen LogP contribution in [0.4, 0.5) is 11.4 Å². The van der Waals surface area contributed by atoms with Crippen LogP contribution in [0.15, 0.2) is 81.8 Å². The number of nitro benzene ring substituents is 1.